The van der Waals surface area contributed by atoms with Gasteiger partial charge in [0, 0.05) is 29.4 Å². The number of nitrogens with zero attached hydrogens (tertiary/aromatic N) is 1. The first-order valence-corrected chi connectivity index (χ1v) is 16.8. The van der Waals surface area contributed by atoms with E-state index < -0.39 is 39.8 Å². The molecule has 1 unspecified atom stereocenters. The van der Waals surface area contributed by atoms with Gasteiger partial charge in [0.05, 0.1) is 23.4 Å². The summed E-state index contributed by atoms with van der Waals surface area (Å²) in [5.41, 5.74) is 8.17. The lowest BCUT2D eigenvalue weighted by Crippen LogP contribution is -2.38. The molecule has 3 N–H and O–H groups in total. The topological polar surface area (TPSA) is 128 Å². The van der Waals surface area contributed by atoms with E-state index in [1.807, 2.05) is 24.3 Å². The molecule has 0 aliphatic carbocycles. The minimum absolute atomic E-state index is 0.0281. The highest BCUT2D eigenvalue weighted by atomic mass is 32.2. The number of esters is 1. The van der Waals surface area contributed by atoms with E-state index in [1.54, 1.807) is 42.5 Å². The van der Waals surface area contributed by atoms with Crippen molar-refractivity contribution in [1.82, 2.24) is 5.32 Å². The largest absolute Gasteiger partial charge is 0.484 e. The Kier molecular flexibility index (Phi) is 10.9. The quantitative estimate of drug-likeness (QED) is 0.177. The molecule has 0 saturated carbocycles. The fraction of sp³-hybridized carbons (Fsp3) is 0.412. The molecule has 0 spiro atoms. The number of unbranched alkanes of at least 4 members (excludes halogenated alkanes) is 2. The predicted molar refractivity (Wildman–Crippen MR) is 173 cm³/mol. The van der Waals surface area contributed by atoms with E-state index in [0.717, 1.165) is 44.2 Å². The second-order valence-electron chi connectivity index (χ2n) is 11.5. The molecule has 0 saturated heterocycles. The Labute approximate surface area is 260 Å². The molecule has 0 bridgehead atoms. The monoisotopic (exact) mass is 621 g/mol. The zero-order chi connectivity index (χ0) is 31.7. The Bertz CT molecular complexity index is 1520. The molecule has 0 fully saturated rings. The van der Waals surface area contributed by atoms with Gasteiger partial charge in [-0.3, -0.25) is 4.79 Å². The normalized spacial score (nSPS) is 15.8. The first-order valence-electron chi connectivity index (χ1n) is 15.2. The average molecular weight is 622 g/mol. The highest BCUT2D eigenvalue weighted by Crippen LogP contribution is 2.45. The summed E-state index contributed by atoms with van der Waals surface area (Å²) in [4.78, 5) is 27.5. The number of rotatable bonds is 13. The minimum atomic E-state index is -3.73. The average Bonchev–Trinajstić information content (AvgIpc) is 3.12. The molecule has 3 aromatic rings. The SMILES string of the molecule is CCCCC1(CCCC)CN(c2ccc(N)cc2)c2ccc(OCC(=O)NC(C(=O)OC)c3ccccc3)cc2S(=O)(=O)C1. The first kappa shape index (κ1) is 32.9. The third-order valence-electron chi connectivity index (χ3n) is 8.12. The number of fused-ring (bicyclic) bond motifs is 1. The van der Waals surface area contributed by atoms with Crippen LogP contribution in [-0.4, -0.2) is 46.3 Å². The van der Waals surface area contributed by atoms with E-state index >= 15 is 0 Å². The smallest absolute Gasteiger partial charge is 0.333 e. The molecule has 4 rings (SSSR count). The van der Waals surface area contributed by atoms with Crippen LogP contribution in [0.15, 0.2) is 77.7 Å². The van der Waals surface area contributed by atoms with Crippen molar-refractivity contribution in [3.63, 3.8) is 0 Å². The van der Waals surface area contributed by atoms with Gasteiger partial charge < -0.3 is 25.4 Å². The highest BCUT2D eigenvalue weighted by molar-refractivity contribution is 7.91. The van der Waals surface area contributed by atoms with Crippen LogP contribution in [0.1, 0.15) is 64.0 Å². The van der Waals surface area contributed by atoms with Gasteiger partial charge in [0.15, 0.2) is 22.5 Å². The van der Waals surface area contributed by atoms with Crippen molar-refractivity contribution in [1.29, 1.82) is 0 Å². The molecule has 0 radical (unpaired) electrons. The third-order valence-corrected chi connectivity index (χ3v) is 10.1. The van der Waals surface area contributed by atoms with Crippen molar-refractivity contribution in [3.05, 3.63) is 78.4 Å². The number of amides is 1. The van der Waals surface area contributed by atoms with Crippen LogP contribution in [-0.2, 0) is 24.2 Å². The summed E-state index contributed by atoms with van der Waals surface area (Å²) in [6.07, 6.45) is 5.42. The molecule has 236 valence electrons. The number of sulfone groups is 1. The van der Waals surface area contributed by atoms with E-state index in [9.17, 15) is 18.0 Å². The van der Waals surface area contributed by atoms with Gasteiger partial charge in [-0.1, -0.05) is 69.9 Å². The van der Waals surface area contributed by atoms with Crippen molar-refractivity contribution in [3.8, 4) is 5.75 Å². The molecule has 10 heteroatoms. The predicted octanol–water partition coefficient (Wildman–Crippen LogP) is 5.97. The number of nitrogens with one attached hydrogen (secondary N) is 1. The number of methoxy groups -OCH3 is 1. The summed E-state index contributed by atoms with van der Waals surface area (Å²) in [6.45, 7) is 4.38. The first-order chi connectivity index (χ1) is 21.1. The van der Waals surface area contributed by atoms with Crippen LogP contribution in [0, 0.1) is 5.41 Å². The molecule has 1 heterocycles. The Hall–Kier alpha value is -4.05. The van der Waals surface area contributed by atoms with E-state index in [-0.39, 0.29) is 16.4 Å². The highest BCUT2D eigenvalue weighted by Gasteiger charge is 2.42. The fourth-order valence-corrected chi connectivity index (χ4v) is 7.95. The number of carbonyl (C=O) groups excluding carboxylic acids is 2. The zero-order valence-electron chi connectivity index (χ0n) is 25.8. The van der Waals surface area contributed by atoms with Crippen LogP contribution in [0.25, 0.3) is 0 Å². The summed E-state index contributed by atoms with van der Waals surface area (Å²) in [5.74, 6) is -0.897. The van der Waals surface area contributed by atoms with Crippen molar-refractivity contribution in [2.45, 2.75) is 63.3 Å². The van der Waals surface area contributed by atoms with Crippen molar-refractivity contribution in [2.75, 3.05) is 36.6 Å². The summed E-state index contributed by atoms with van der Waals surface area (Å²) in [7, 11) is -2.48. The van der Waals surface area contributed by atoms with Crippen LogP contribution in [0.2, 0.25) is 0 Å². The number of hydrogen-bond donors (Lipinski definition) is 2. The Morgan fingerprint density at radius 1 is 0.977 bits per heavy atom. The van der Waals surface area contributed by atoms with Crippen LogP contribution in [0.5, 0.6) is 5.75 Å². The number of carbonyl (C=O) groups is 2. The molecular formula is C34H43N3O6S. The third kappa shape index (κ3) is 7.91. The molecule has 1 aliphatic heterocycles. The fourth-order valence-electron chi connectivity index (χ4n) is 5.81. The van der Waals surface area contributed by atoms with Gasteiger partial charge in [-0.05, 0) is 54.8 Å². The summed E-state index contributed by atoms with van der Waals surface area (Å²) in [6, 6.07) is 20.2. The second kappa shape index (κ2) is 14.6. The van der Waals surface area contributed by atoms with Crippen molar-refractivity contribution >= 4 is 38.8 Å². The number of benzene rings is 3. The van der Waals surface area contributed by atoms with E-state index in [0.29, 0.717) is 23.5 Å². The van der Waals surface area contributed by atoms with Crippen LogP contribution in [0.4, 0.5) is 17.1 Å². The van der Waals surface area contributed by atoms with Crippen LogP contribution in [0.3, 0.4) is 0 Å². The molecule has 44 heavy (non-hydrogen) atoms. The van der Waals surface area contributed by atoms with Crippen molar-refractivity contribution < 1.29 is 27.5 Å². The maximum absolute atomic E-state index is 14.1. The number of anilines is 3. The second-order valence-corrected chi connectivity index (χ2v) is 13.5. The van der Waals surface area contributed by atoms with Crippen LogP contribution < -0.4 is 20.7 Å². The number of nitrogens with two attached hydrogens (primary N) is 1. The zero-order valence-corrected chi connectivity index (χ0v) is 26.6. The minimum Gasteiger partial charge on any atom is -0.484 e. The molecule has 3 aromatic carbocycles. The maximum Gasteiger partial charge on any atom is 0.333 e. The van der Waals surface area contributed by atoms with Gasteiger partial charge in [-0.25, -0.2) is 13.2 Å². The van der Waals surface area contributed by atoms with E-state index in [2.05, 4.69) is 24.1 Å². The van der Waals surface area contributed by atoms with Gasteiger partial charge in [0.1, 0.15) is 5.75 Å². The molecule has 1 amide bonds. The van der Waals surface area contributed by atoms with Gasteiger partial charge in [-0.15, -0.1) is 0 Å². The molecule has 1 aliphatic rings. The van der Waals surface area contributed by atoms with E-state index in [1.165, 1.54) is 13.2 Å². The Morgan fingerprint density at radius 2 is 1.64 bits per heavy atom. The lowest BCUT2D eigenvalue weighted by atomic mass is 9.79. The molecule has 9 nitrogen and oxygen atoms in total. The lowest BCUT2D eigenvalue weighted by Gasteiger charge is -2.37. The molecule has 0 aromatic heterocycles. The number of hydrogen-bond acceptors (Lipinski definition) is 8. The number of ether oxygens (including phenoxy) is 2. The standard InChI is InChI=1S/C34H43N3O6S/c1-4-6-19-34(20-7-5-2)23-37(27-15-13-26(35)14-16-27)29-18-17-28(21-30(29)44(40,41)24-34)43-22-31(38)36-32(33(39)42-3)25-11-9-8-10-12-25/h8-18,21,32H,4-7,19-20,22-24,35H2,1-3H3,(H,36,38). The van der Waals surface area contributed by atoms with Gasteiger partial charge >= 0.3 is 5.97 Å². The Morgan fingerprint density at radius 3 is 2.25 bits per heavy atom. The maximum atomic E-state index is 14.1. The van der Waals surface area contributed by atoms with Crippen molar-refractivity contribution in [2.24, 2.45) is 5.41 Å². The molecule has 1 atom stereocenters. The Balaban J connectivity index is 1.65. The number of nitrogen functional groups attached to an aromatic ring is 1. The summed E-state index contributed by atoms with van der Waals surface area (Å²) < 4.78 is 38.9. The van der Waals surface area contributed by atoms with E-state index in [4.69, 9.17) is 15.2 Å². The van der Waals surface area contributed by atoms with Gasteiger partial charge in [0.25, 0.3) is 5.91 Å². The van der Waals surface area contributed by atoms with Gasteiger partial charge in [0.2, 0.25) is 0 Å². The summed E-state index contributed by atoms with van der Waals surface area (Å²) >= 11 is 0. The summed E-state index contributed by atoms with van der Waals surface area (Å²) in [5, 5.41) is 2.65. The lowest BCUT2D eigenvalue weighted by molar-refractivity contribution is -0.145. The van der Waals surface area contributed by atoms with Gasteiger partial charge in [-0.2, -0.15) is 0 Å². The molecular weight excluding hydrogens is 578 g/mol. The van der Waals surface area contributed by atoms with Crippen LogP contribution >= 0.6 is 0 Å².